The van der Waals surface area contributed by atoms with Crippen LogP contribution >= 0.6 is 11.3 Å². The number of primary sulfonamides is 1. The monoisotopic (exact) mass is 311 g/mol. The first-order valence-corrected chi connectivity index (χ1v) is 8.63. The molecule has 2 aromatic heterocycles. The summed E-state index contributed by atoms with van der Waals surface area (Å²) in [5, 5.41) is 10.3. The summed E-state index contributed by atoms with van der Waals surface area (Å²) in [7, 11) is -3.75. The number of thiophene rings is 1. The fraction of sp³-hybridized carbons (Fsp3) is 0.308. The third kappa shape index (κ3) is 4.03. The Kier molecular flexibility index (Phi) is 4.74. The van der Waals surface area contributed by atoms with Gasteiger partial charge in [-0.3, -0.25) is 0 Å². The van der Waals surface area contributed by atoms with E-state index < -0.39 is 10.0 Å². The number of aromatic nitrogens is 1. The van der Waals surface area contributed by atoms with E-state index in [4.69, 9.17) is 5.14 Å². The maximum Gasteiger partial charge on any atom is 0.241 e. The Balaban J connectivity index is 2.01. The van der Waals surface area contributed by atoms with Crippen LogP contribution in [0.4, 0.5) is 5.82 Å². The van der Waals surface area contributed by atoms with Gasteiger partial charge < -0.3 is 5.32 Å². The largest absolute Gasteiger partial charge is 0.369 e. The van der Waals surface area contributed by atoms with Crippen molar-refractivity contribution in [3.05, 3.63) is 40.7 Å². The van der Waals surface area contributed by atoms with Crippen molar-refractivity contribution in [1.29, 1.82) is 0 Å². The van der Waals surface area contributed by atoms with E-state index in [2.05, 4.69) is 23.3 Å². The third-order valence-corrected chi connectivity index (χ3v) is 4.67. The highest BCUT2D eigenvalue weighted by Gasteiger charge is 2.15. The van der Waals surface area contributed by atoms with Gasteiger partial charge in [-0.1, -0.05) is 13.0 Å². The van der Waals surface area contributed by atoms with E-state index in [1.807, 2.05) is 11.4 Å². The molecule has 2 heterocycles. The number of sulfonamides is 1. The fourth-order valence-corrected chi connectivity index (χ4v) is 3.40. The molecule has 0 aliphatic rings. The van der Waals surface area contributed by atoms with Crippen LogP contribution in [0.15, 0.2) is 40.7 Å². The van der Waals surface area contributed by atoms with Gasteiger partial charge >= 0.3 is 0 Å². The molecule has 2 aromatic rings. The molecule has 7 heteroatoms. The van der Waals surface area contributed by atoms with Gasteiger partial charge in [-0.15, -0.1) is 11.3 Å². The van der Waals surface area contributed by atoms with Crippen molar-refractivity contribution in [2.45, 2.75) is 18.2 Å². The van der Waals surface area contributed by atoms with Crippen molar-refractivity contribution in [2.24, 2.45) is 11.1 Å². The van der Waals surface area contributed by atoms with E-state index in [1.165, 1.54) is 10.9 Å². The van der Waals surface area contributed by atoms with Gasteiger partial charge in [0, 0.05) is 17.6 Å². The lowest BCUT2D eigenvalue weighted by molar-refractivity contribution is 0.595. The number of nitrogens with zero attached hydrogens (tertiary/aromatic N) is 1. The second kappa shape index (κ2) is 6.34. The van der Waals surface area contributed by atoms with Crippen molar-refractivity contribution < 1.29 is 8.42 Å². The second-order valence-electron chi connectivity index (χ2n) is 4.66. The Morgan fingerprint density at radius 1 is 1.40 bits per heavy atom. The predicted molar refractivity (Wildman–Crippen MR) is 81.3 cm³/mol. The maximum absolute atomic E-state index is 11.5. The molecule has 0 amide bonds. The molecule has 0 bridgehead atoms. The van der Waals surface area contributed by atoms with Crippen molar-refractivity contribution in [1.82, 2.24) is 4.98 Å². The van der Waals surface area contributed by atoms with Crippen molar-refractivity contribution in [2.75, 3.05) is 11.9 Å². The molecule has 1 atom stereocenters. The van der Waals surface area contributed by atoms with Gasteiger partial charge in [0.05, 0.1) is 0 Å². The minimum atomic E-state index is -3.75. The summed E-state index contributed by atoms with van der Waals surface area (Å²) < 4.78 is 22.9. The second-order valence-corrected chi connectivity index (χ2v) is 7.23. The maximum atomic E-state index is 11.5. The summed E-state index contributed by atoms with van der Waals surface area (Å²) in [6, 6.07) is 7.13. The lowest BCUT2D eigenvalue weighted by Crippen LogP contribution is -2.19. The summed E-state index contributed by atoms with van der Waals surface area (Å²) in [4.78, 5) is 5.39. The molecular weight excluding hydrogens is 294 g/mol. The van der Waals surface area contributed by atoms with Gasteiger partial charge in [0.2, 0.25) is 10.0 Å². The molecule has 0 aromatic carbocycles. The number of hydrogen-bond acceptors (Lipinski definition) is 5. The Bertz CT molecular complexity index is 654. The smallest absolute Gasteiger partial charge is 0.241 e. The van der Waals surface area contributed by atoms with Crippen LogP contribution in [0, 0.1) is 5.92 Å². The predicted octanol–water partition coefficient (Wildman–Crippen LogP) is 2.08. The SMILES string of the molecule is C[C@H](CNc1ncccc1S(N)(=O)=O)Cc1cccs1. The Labute approximate surface area is 122 Å². The first-order valence-electron chi connectivity index (χ1n) is 6.21. The lowest BCUT2D eigenvalue weighted by Gasteiger charge is -2.14. The quantitative estimate of drug-likeness (QED) is 0.855. The number of anilines is 1. The lowest BCUT2D eigenvalue weighted by atomic mass is 10.1. The standard InChI is InChI=1S/C13H17N3O2S2/c1-10(8-11-4-3-7-19-11)9-16-13-12(20(14,17)18)5-2-6-15-13/h2-7,10H,8-9H2,1H3,(H,15,16)(H2,14,17,18)/t10-/m0/s1. The molecule has 108 valence electrons. The Morgan fingerprint density at radius 2 is 2.20 bits per heavy atom. The van der Waals surface area contributed by atoms with Crippen LogP contribution in [0.25, 0.3) is 0 Å². The van der Waals surface area contributed by atoms with Gasteiger partial charge in [0.1, 0.15) is 10.7 Å². The van der Waals surface area contributed by atoms with E-state index >= 15 is 0 Å². The fourth-order valence-electron chi connectivity index (χ4n) is 1.87. The minimum Gasteiger partial charge on any atom is -0.369 e. The highest BCUT2D eigenvalue weighted by molar-refractivity contribution is 7.89. The number of nitrogens with one attached hydrogen (secondary N) is 1. The van der Waals surface area contributed by atoms with Crippen LogP contribution in [0.1, 0.15) is 11.8 Å². The summed E-state index contributed by atoms with van der Waals surface area (Å²) in [5.41, 5.74) is 0. The molecular formula is C13H17N3O2S2. The molecule has 0 aliphatic heterocycles. The third-order valence-electron chi connectivity index (χ3n) is 2.82. The van der Waals surface area contributed by atoms with Crippen LogP contribution in [0.3, 0.4) is 0 Å². The molecule has 3 N–H and O–H groups in total. The molecule has 0 saturated carbocycles. The molecule has 2 rings (SSSR count). The van der Waals surface area contributed by atoms with Crippen molar-refractivity contribution in [3.8, 4) is 0 Å². The highest BCUT2D eigenvalue weighted by atomic mass is 32.2. The molecule has 0 spiro atoms. The summed E-state index contributed by atoms with van der Waals surface area (Å²) in [6.07, 6.45) is 2.49. The van der Waals surface area contributed by atoms with Crippen molar-refractivity contribution >= 4 is 27.2 Å². The first kappa shape index (κ1) is 15.0. The number of nitrogens with two attached hydrogens (primary N) is 1. The van der Waals surface area contributed by atoms with Gasteiger partial charge in [-0.25, -0.2) is 18.5 Å². The molecule has 20 heavy (non-hydrogen) atoms. The van der Waals surface area contributed by atoms with E-state index in [0.29, 0.717) is 18.3 Å². The number of rotatable bonds is 6. The molecule has 0 aliphatic carbocycles. The van der Waals surface area contributed by atoms with Crippen LogP contribution in [-0.2, 0) is 16.4 Å². The number of pyridine rings is 1. The van der Waals surface area contributed by atoms with Gasteiger partial charge in [0.25, 0.3) is 0 Å². The van der Waals surface area contributed by atoms with E-state index in [0.717, 1.165) is 6.42 Å². The zero-order valence-electron chi connectivity index (χ0n) is 11.1. The molecule has 0 radical (unpaired) electrons. The Morgan fingerprint density at radius 3 is 2.85 bits per heavy atom. The topological polar surface area (TPSA) is 85.1 Å². The number of hydrogen-bond donors (Lipinski definition) is 2. The molecule has 0 saturated heterocycles. The van der Waals surface area contributed by atoms with Crippen LogP contribution in [-0.4, -0.2) is 19.9 Å². The zero-order chi connectivity index (χ0) is 14.6. The molecule has 0 unspecified atom stereocenters. The van der Waals surface area contributed by atoms with Crippen LogP contribution < -0.4 is 10.5 Å². The average molecular weight is 311 g/mol. The van der Waals surface area contributed by atoms with E-state index in [1.54, 1.807) is 23.6 Å². The minimum absolute atomic E-state index is 0.0309. The van der Waals surface area contributed by atoms with Gasteiger partial charge in [-0.2, -0.15) is 0 Å². The first-order chi connectivity index (χ1) is 9.47. The van der Waals surface area contributed by atoms with Gasteiger partial charge in [-0.05, 0) is 35.9 Å². The normalized spacial score (nSPS) is 13.1. The zero-order valence-corrected chi connectivity index (χ0v) is 12.7. The molecule has 5 nitrogen and oxygen atoms in total. The molecule has 0 fully saturated rings. The van der Waals surface area contributed by atoms with E-state index in [-0.39, 0.29) is 4.90 Å². The van der Waals surface area contributed by atoms with E-state index in [9.17, 15) is 8.42 Å². The average Bonchev–Trinajstić information content (AvgIpc) is 2.88. The summed E-state index contributed by atoms with van der Waals surface area (Å²) in [5.74, 6) is 0.678. The summed E-state index contributed by atoms with van der Waals surface area (Å²) in [6.45, 7) is 2.74. The Hall–Kier alpha value is -1.44. The van der Waals surface area contributed by atoms with Gasteiger partial charge in [0.15, 0.2) is 0 Å². The van der Waals surface area contributed by atoms with Crippen LogP contribution in [0.5, 0.6) is 0 Å². The highest BCUT2D eigenvalue weighted by Crippen LogP contribution is 2.18. The van der Waals surface area contributed by atoms with Crippen molar-refractivity contribution in [3.63, 3.8) is 0 Å². The van der Waals surface area contributed by atoms with Crippen LogP contribution in [0.2, 0.25) is 0 Å². The summed E-state index contributed by atoms with van der Waals surface area (Å²) >= 11 is 1.72.